The highest BCUT2D eigenvalue weighted by Gasteiger charge is 2.34. The molecule has 1 atom stereocenters. The lowest BCUT2D eigenvalue weighted by Gasteiger charge is -2.36. The SMILES string of the molecule is Cc1nc(C2CCCCN2C(=O)COC(C)C)nc2c1CCC(=O)N2Cc1ccccc1. The molecule has 4 rings (SSSR count). The molecule has 7 nitrogen and oxygen atoms in total. The fraction of sp³-hybridized carbons (Fsp3) is 0.520. The molecule has 1 unspecified atom stereocenters. The van der Waals surface area contributed by atoms with Crippen LogP contribution < -0.4 is 4.90 Å². The molecule has 0 aliphatic carbocycles. The Morgan fingerprint density at radius 2 is 1.94 bits per heavy atom. The van der Waals surface area contributed by atoms with Gasteiger partial charge in [-0.2, -0.15) is 0 Å². The molecular formula is C25H32N4O3. The number of hydrogen-bond acceptors (Lipinski definition) is 5. The second-order valence-corrected chi connectivity index (χ2v) is 8.89. The molecule has 2 aliphatic heterocycles. The van der Waals surface area contributed by atoms with Crippen molar-refractivity contribution in [2.45, 2.75) is 71.6 Å². The Hall–Kier alpha value is -2.80. The predicted molar refractivity (Wildman–Crippen MR) is 122 cm³/mol. The van der Waals surface area contributed by atoms with Crippen LogP contribution in [0.2, 0.25) is 0 Å². The molecule has 1 aromatic heterocycles. The minimum Gasteiger partial charge on any atom is -0.369 e. The van der Waals surface area contributed by atoms with Gasteiger partial charge in [0.25, 0.3) is 0 Å². The highest BCUT2D eigenvalue weighted by Crippen LogP contribution is 2.34. The fourth-order valence-corrected chi connectivity index (χ4v) is 4.50. The smallest absolute Gasteiger partial charge is 0.249 e. The second-order valence-electron chi connectivity index (χ2n) is 8.89. The van der Waals surface area contributed by atoms with Gasteiger partial charge in [-0.3, -0.25) is 14.5 Å². The van der Waals surface area contributed by atoms with Crippen molar-refractivity contribution in [1.29, 1.82) is 0 Å². The van der Waals surface area contributed by atoms with Crippen LogP contribution in [0.1, 0.15) is 68.2 Å². The maximum atomic E-state index is 12.9. The summed E-state index contributed by atoms with van der Waals surface area (Å²) in [6, 6.07) is 9.78. The number of benzene rings is 1. The molecule has 2 aromatic rings. The Kier molecular flexibility index (Phi) is 6.84. The topological polar surface area (TPSA) is 75.6 Å². The van der Waals surface area contributed by atoms with E-state index in [0.717, 1.165) is 36.1 Å². The molecule has 7 heteroatoms. The number of ether oxygens (including phenoxy) is 1. The molecule has 32 heavy (non-hydrogen) atoms. The molecule has 1 saturated heterocycles. The van der Waals surface area contributed by atoms with Gasteiger partial charge in [-0.15, -0.1) is 0 Å². The van der Waals surface area contributed by atoms with Crippen LogP contribution in [0.4, 0.5) is 5.82 Å². The summed E-state index contributed by atoms with van der Waals surface area (Å²) in [6.07, 6.45) is 3.92. The normalized spacial score (nSPS) is 18.8. The van der Waals surface area contributed by atoms with Crippen LogP contribution in [0.3, 0.4) is 0 Å². The van der Waals surface area contributed by atoms with Gasteiger partial charge >= 0.3 is 0 Å². The summed E-state index contributed by atoms with van der Waals surface area (Å²) in [5.74, 6) is 1.38. The standard InChI is InChI=1S/C25H32N4O3/c1-17(2)32-16-23(31)28-14-8-7-11-21(28)24-26-18(3)20-12-13-22(30)29(25(20)27-24)15-19-9-5-4-6-10-19/h4-6,9-10,17,21H,7-8,11-16H2,1-3H3. The van der Waals surface area contributed by atoms with E-state index >= 15 is 0 Å². The molecule has 1 aromatic carbocycles. The highest BCUT2D eigenvalue weighted by molar-refractivity contribution is 5.95. The van der Waals surface area contributed by atoms with Gasteiger partial charge in [0.1, 0.15) is 12.4 Å². The maximum Gasteiger partial charge on any atom is 0.249 e. The van der Waals surface area contributed by atoms with Gasteiger partial charge in [0.2, 0.25) is 11.8 Å². The third-order valence-electron chi connectivity index (χ3n) is 6.20. The zero-order valence-electron chi connectivity index (χ0n) is 19.2. The molecule has 2 aliphatic rings. The third kappa shape index (κ3) is 4.83. The van der Waals surface area contributed by atoms with Crippen molar-refractivity contribution < 1.29 is 14.3 Å². The number of anilines is 1. The van der Waals surface area contributed by atoms with Crippen molar-refractivity contribution in [2.24, 2.45) is 0 Å². The van der Waals surface area contributed by atoms with Gasteiger partial charge in [0, 0.05) is 24.2 Å². The average Bonchev–Trinajstić information content (AvgIpc) is 2.80. The second kappa shape index (κ2) is 9.77. The number of carbonyl (C=O) groups is 2. The van der Waals surface area contributed by atoms with Gasteiger partial charge < -0.3 is 9.64 Å². The summed E-state index contributed by atoms with van der Waals surface area (Å²) in [5.41, 5.74) is 2.99. The lowest BCUT2D eigenvalue weighted by atomic mass is 9.99. The Labute approximate surface area is 189 Å². The van der Waals surface area contributed by atoms with Gasteiger partial charge in [0.05, 0.1) is 18.7 Å². The van der Waals surface area contributed by atoms with Crippen molar-refractivity contribution in [3.8, 4) is 0 Å². The number of rotatable bonds is 6. The predicted octanol–water partition coefficient (Wildman–Crippen LogP) is 3.74. The summed E-state index contributed by atoms with van der Waals surface area (Å²) >= 11 is 0. The van der Waals surface area contributed by atoms with E-state index in [2.05, 4.69) is 0 Å². The van der Waals surface area contributed by atoms with E-state index in [1.54, 1.807) is 4.90 Å². The largest absolute Gasteiger partial charge is 0.369 e. The number of likely N-dealkylation sites (tertiary alicyclic amines) is 1. The minimum absolute atomic E-state index is 0.00184. The maximum absolute atomic E-state index is 12.9. The Balaban J connectivity index is 1.66. The van der Waals surface area contributed by atoms with Gasteiger partial charge in [0.15, 0.2) is 5.82 Å². The van der Waals surface area contributed by atoms with Crippen LogP contribution >= 0.6 is 0 Å². The first-order valence-electron chi connectivity index (χ1n) is 11.6. The Morgan fingerprint density at radius 1 is 1.16 bits per heavy atom. The number of piperidine rings is 1. The van der Waals surface area contributed by atoms with E-state index in [9.17, 15) is 9.59 Å². The summed E-state index contributed by atoms with van der Waals surface area (Å²) in [4.78, 5) is 39.1. The molecule has 0 saturated carbocycles. The molecule has 0 radical (unpaired) electrons. The number of fused-ring (bicyclic) bond motifs is 1. The van der Waals surface area contributed by atoms with Crippen molar-refractivity contribution in [1.82, 2.24) is 14.9 Å². The van der Waals surface area contributed by atoms with Crippen molar-refractivity contribution >= 4 is 17.6 Å². The molecule has 0 bridgehead atoms. The molecule has 1 fully saturated rings. The van der Waals surface area contributed by atoms with Gasteiger partial charge in [-0.25, -0.2) is 9.97 Å². The quantitative estimate of drug-likeness (QED) is 0.690. The summed E-state index contributed by atoms with van der Waals surface area (Å²) in [5, 5.41) is 0. The van der Waals surface area contributed by atoms with E-state index in [4.69, 9.17) is 14.7 Å². The van der Waals surface area contributed by atoms with E-state index in [1.165, 1.54) is 0 Å². The summed E-state index contributed by atoms with van der Waals surface area (Å²) in [6.45, 7) is 7.06. The number of aromatic nitrogens is 2. The van der Waals surface area contributed by atoms with Crippen molar-refractivity contribution in [2.75, 3.05) is 18.1 Å². The number of hydrogen-bond donors (Lipinski definition) is 0. The molecule has 0 N–H and O–H groups in total. The first kappa shape index (κ1) is 22.4. The van der Waals surface area contributed by atoms with Crippen LogP contribution in [-0.4, -0.2) is 45.9 Å². The Bertz CT molecular complexity index is 977. The van der Waals surface area contributed by atoms with Crippen LogP contribution in [0, 0.1) is 6.92 Å². The van der Waals surface area contributed by atoms with Gasteiger partial charge in [-0.05, 0) is 52.0 Å². The first-order chi connectivity index (χ1) is 15.4. The van der Waals surface area contributed by atoms with E-state index in [-0.39, 0.29) is 30.6 Å². The van der Waals surface area contributed by atoms with Gasteiger partial charge in [-0.1, -0.05) is 30.3 Å². The molecule has 170 valence electrons. The van der Waals surface area contributed by atoms with Crippen LogP contribution in [-0.2, 0) is 27.3 Å². The van der Waals surface area contributed by atoms with Crippen molar-refractivity contribution in [3.05, 3.63) is 53.0 Å². The Morgan fingerprint density at radius 3 is 2.69 bits per heavy atom. The molecule has 0 spiro atoms. The zero-order valence-corrected chi connectivity index (χ0v) is 19.2. The monoisotopic (exact) mass is 436 g/mol. The van der Waals surface area contributed by atoms with Crippen LogP contribution in [0.5, 0.6) is 0 Å². The summed E-state index contributed by atoms with van der Waals surface area (Å²) in [7, 11) is 0. The molecular weight excluding hydrogens is 404 g/mol. The third-order valence-corrected chi connectivity index (χ3v) is 6.20. The average molecular weight is 437 g/mol. The summed E-state index contributed by atoms with van der Waals surface area (Å²) < 4.78 is 5.57. The molecule has 2 amide bonds. The fourth-order valence-electron chi connectivity index (χ4n) is 4.50. The van der Waals surface area contributed by atoms with E-state index < -0.39 is 0 Å². The number of amides is 2. The number of nitrogens with zero attached hydrogens (tertiary/aromatic N) is 4. The molecule has 3 heterocycles. The first-order valence-corrected chi connectivity index (χ1v) is 11.6. The lowest BCUT2D eigenvalue weighted by molar-refractivity contribution is -0.141. The van der Waals surface area contributed by atoms with E-state index in [1.807, 2.05) is 56.0 Å². The number of carbonyl (C=O) groups excluding carboxylic acids is 2. The zero-order chi connectivity index (χ0) is 22.7. The number of aryl methyl sites for hydroxylation is 1. The van der Waals surface area contributed by atoms with E-state index in [0.29, 0.717) is 37.6 Å². The van der Waals surface area contributed by atoms with Crippen LogP contribution in [0.15, 0.2) is 30.3 Å². The lowest BCUT2D eigenvalue weighted by Crippen LogP contribution is -2.42. The highest BCUT2D eigenvalue weighted by atomic mass is 16.5. The van der Waals surface area contributed by atoms with Crippen molar-refractivity contribution in [3.63, 3.8) is 0 Å². The van der Waals surface area contributed by atoms with Crippen LogP contribution in [0.25, 0.3) is 0 Å². The minimum atomic E-state index is -0.188.